The first-order valence-electron chi connectivity index (χ1n) is 7.25. The van der Waals surface area contributed by atoms with Crippen LogP contribution in [-0.4, -0.2) is 33.1 Å². The van der Waals surface area contributed by atoms with Crippen molar-refractivity contribution in [1.29, 1.82) is 0 Å². The number of amides is 1. The molecule has 0 fully saturated rings. The van der Waals surface area contributed by atoms with E-state index < -0.39 is 11.4 Å². The minimum atomic E-state index is -0.915. The molecule has 2 N–H and O–H groups in total. The molecule has 0 aliphatic carbocycles. The van der Waals surface area contributed by atoms with Crippen molar-refractivity contribution >= 4 is 22.8 Å². The van der Waals surface area contributed by atoms with E-state index in [1.54, 1.807) is 38.1 Å². The standard InChI is InChI=1S/C16H19N3O4/c1-16(2,15(22)23)7-8-17-13(20)9-19-10-18-12-6-4-3-5-11(12)14(19)21/h3-6,10H,7-9H2,1-2H3,(H,17,20)(H,22,23). The van der Waals surface area contributed by atoms with Gasteiger partial charge in [-0.3, -0.25) is 19.0 Å². The fraction of sp³-hybridized carbons (Fsp3) is 0.375. The van der Waals surface area contributed by atoms with Gasteiger partial charge in [-0.15, -0.1) is 0 Å². The van der Waals surface area contributed by atoms with Gasteiger partial charge in [-0.1, -0.05) is 12.1 Å². The highest BCUT2D eigenvalue weighted by Crippen LogP contribution is 2.19. The first kappa shape index (κ1) is 16.7. The van der Waals surface area contributed by atoms with Crippen molar-refractivity contribution in [2.75, 3.05) is 6.54 Å². The number of carbonyl (C=O) groups excluding carboxylic acids is 1. The van der Waals surface area contributed by atoms with Gasteiger partial charge in [0, 0.05) is 6.54 Å². The van der Waals surface area contributed by atoms with Gasteiger partial charge >= 0.3 is 5.97 Å². The summed E-state index contributed by atoms with van der Waals surface area (Å²) in [5, 5.41) is 12.1. The smallest absolute Gasteiger partial charge is 0.309 e. The van der Waals surface area contributed by atoms with E-state index in [9.17, 15) is 14.4 Å². The zero-order valence-electron chi connectivity index (χ0n) is 13.1. The van der Waals surface area contributed by atoms with Crippen molar-refractivity contribution in [3.63, 3.8) is 0 Å². The molecule has 1 heterocycles. The van der Waals surface area contributed by atoms with Gasteiger partial charge in [0.2, 0.25) is 5.91 Å². The van der Waals surface area contributed by atoms with Crippen LogP contribution in [0.5, 0.6) is 0 Å². The molecule has 0 aliphatic rings. The van der Waals surface area contributed by atoms with Gasteiger partial charge in [0.25, 0.3) is 5.56 Å². The maximum atomic E-state index is 12.3. The number of rotatable bonds is 6. The number of fused-ring (bicyclic) bond motifs is 1. The number of nitrogens with one attached hydrogen (secondary N) is 1. The number of carboxylic acid groups (broad SMARTS) is 1. The van der Waals surface area contributed by atoms with Crippen molar-refractivity contribution in [2.24, 2.45) is 5.41 Å². The second kappa shape index (κ2) is 6.60. The molecule has 0 saturated heterocycles. The molecule has 0 atom stereocenters. The molecule has 1 aromatic carbocycles. The first-order valence-corrected chi connectivity index (χ1v) is 7.25. The third-order valence-electron chi connectivity index (χ3n) is 3.70. The van der Waals surface area contributed by atoms with Crippen LogP contribution in [0.4, 0.5) is 0 Å². The molecule has 7 heteroatoms. The molecule has 0 saturated carbocycles. The lowest BCUT2D eigenvalue weighted by Gasteiger charge is -2.18. The SMILES string of the molecule is CC(C)(CCNC(=O)Cn1cnc2ccccc2c1=O)C(=O)O. The van der Waals surface area contributed by atoms with Crippen LogP contribution in [0.1, 0.15) is 20.3 Å². The van der Waals surface area contributed by atoms with Crippen molar-refractivity contribution in [2.45, 2.75) is 26.8 Å². The Morgan fingerprint density at radius 2 is 2.00 bits per heavy atom. The average Bonchev–Trinajstić information content (AvgIpc) is 2.50. The second-order valence-corrected chi connectivity index (χ2v) is 5.98. The van der Waals surface area contributed by atoms with Gasteiger partial charge in [-0.25, -0.2) is 4.98 Å². The maximum absolute atomic E-state index is 12.3. The van der Waals surface area contributed by atoms with Gasteiger partial charge < -0.3 is 10.4 Å². The monoisotopic (exact) mass is 317 g/mol. The van der Waals surface area contributed by atoms with Crippen LogP contribution in [-0.2, 0) is 16.1 Å². The average molecular weight is 317 g/mol. The summed E-state index contributed by atoms with van der Waals surface area (Å²) in [5.74, 6) is -1.27. The number of para-hydroxylation sites is 1. The lowest BCUT2D eigenvalue weighted by Crippen LogP contribution is -2.35. The quantitative estimate of drug-likeness (QED) is 0.828. The molecule has 2 aromatic rings. The van der Waals surface area contributed by atoms with E-state index in [-0.39, 0.29) is 24.6 Å². The number of aromatic nitrogens is 2. The predicted molar refractivity (Wildman–Crippen MR) is 85.0 cm³/mol. The van der Waals surface area contributed by atoms with E-state index in [0.717, 1.165) is 0 Å². The van der Waals surface area contributed by atoms with Crippen LogP contribution in [0.25, 0.3) is 10.9 Å². The van der Waals surface area contributed by atoms with Crippen molar-refractivity contribution in [3.05, 3.63) is 40.9 Å². The lowest BCUT2D eigenvalue weighted by molar-refractivity contribution is -0.147. The molecule has 7 nitrogen and oxygen atoms in total. The highest BCUT2D eigenvalue weighted by atomic mass is 16.4. The van der Waals surface area contributed by atoms with Crippen LogP contribution in [0.2, 0.25) is 0 Å². The number of hydrogen-bond donors (Lipinski definition) is 2. The number of carboxylic acids is 1. The fourth-order valence-corrected chi connectivity index (χ4v) is 2.05. The molecule has 122 valence electrons. The van der Waals surface area contributed by atoms with Crippen LogP contribution in [0.3, 0.4) is 0 Å². The van der Waals surface area contributed by atoms with Gasteiger partial charge in [0.15, 0.2) is 0 Å². The molecular formula is C16H19N3O4. The summed E-state index contributed by atoms with van der Waals surface area (Å²) >= 11 is 0. The molecule has 1 aromatic heterocycles. The van der Waals surface area contributed by atoms with Crippen LogP contribution in [0.15, 0.2) is 35.4 Å². The summed E-state index contributed by atoms with van der Waals surface area (Å²) in [6, 6.07) is 6.92. The molecule has 0 radical (unpaired) electrons. The number of carbonyl (C=O) groups is 2. The highest BCUT2D eigenvalue weighted by Gasteiger charge is 2.26. The Balaban J connectivity index is 2.00. The molecule has 0 aliphatic heterocycles. The summed E-state index contributed by atoms with van der Waals surface area (Å²) < 4.78 is 1.24. The van der Waals surface area contributed by atoms with Crippen LogP contribution >= 0.6 is 0 Å². The van der Waals surface area contributed by atoms with E-state index in [2.05, 4.69) is 10.3 Å². The van der Waals surface area contributed by atoms with Crippen molar-refractivity contribution < 1.29 is 14.7 Å². The molecule has 2 rings (SSSR count). The first-order chi connectivity index (χ1) is 10.8. The zero-order valence-corrected chi connectivity index (χ0v) is 13.1. The summed E-state index contributed by atoms with van der Waals surface area (Å²) in [4.78, 5) is 39.3. The molecule has 0 bridgehead atoms. The van der Waals surface area contributed by atoms with Crippen LogP contribution in [0, 0.1) is 5.41 Å². The Labute approximate surface area is 133 Å². The van der Waals surface area contributed by atoms with Gasteiger partial charge in [-0.05, 0) is 32.4 Å². The summed E-state index contributed by atoms with van der Waals surface area (Å²) in [6.45, 7) is 3.27. The molecule has 0 spiro atoms. The second-order valence-electron chi connectivity index (χ2n) is 5.98. The summed E-state index contributed by atoms with van der Waals surface area (Å²) in [5.41, 5.74) is -0.608. The van der Waals surface area contributed by atoms with Gasteiger partial charge in [-0.2, -0.15) is 0 Å². The third-order valence-corrected chi connectivity index (χ3v) is 3.70. The Hall–Kier alpha value is -2.70. The number of benzene rings is 1. The highest BCUT2D eigenvalue weighted by molar-refractivity contribution is 5.79. The third kappa shape index (κ3) is 3.94. The predicted octanol–water partition coefficient (Wildman–Crippen LogP) is 1.01. The Bertz CT molecular complexity index is 795. The largest absolute Gasteiger partial charge is 0.481 e. The Morgan fingerprint density at radius 1 is 1.30 bits per heavy atom. The molecule has 0 unspecified atom stereocenters. The number of aliphatic carboxylic acids is 1. The number of nitrogens with zero attached hydrogens (tertiary/aromatic N) is 2. The van der Waals surface area contributed by atoms with E-state index >= 15 is 0 Å². The summed E-state index contributed by atoms with van der Waals surface area (Å²) in [6.07, 6.45) is 1.64. The fourth-order valence-electron chi connectivity index (χ4n) is 2.05. The minimum absolute atomic E-state index is 0.149. The van der Waals surface area contributed by atoms with E-state index in [0.29, 0.717) is 17.3 Å². The molecular weight excluding hydrogens is 298 g/mol. The van der Waals surface area contributed by atoms with Crippen molar-refractivity contribution in [1.82, 2.24) is 14.9 Å². The zero-order chi connectivity index (χ0) is 17.0. The van der Waals surface area contributed by atoms with E-state index in [1.165, 1.54) is 10.9 Å². The lowest BCUT2D eigenvalue weighted by atomic mass is 9.90. The topological polar surface area (TPSA) is 101 Å². The Kier molecular flexibility index (Phi) is 4.78. The van der Waals surface area contributed by atoms with E-state index in [1.807, 2.05) is 0 Å². The Morgan fingerprint density at radius 3 is 2.70 bits per heavy atom. The van der Waals surface area contributed by atoms with Crippen LogP contribution < -0.4 is 10.9 Å². The van der Waals surface area contributed by atoms with Crippen molar-refractivity contribution in [3.8, 4) is 0 Å². The summed E-state index contributed by atoms with van der Waals surface area (Å²) in [7, 11) is 0. The van der Waals surface area contributed by atoms with Gasteiger partial charge in [0.1, 0.15) is 6.54 Å². The van der Waals surface area contributed by atoms with E-state index in [4.69, 9.17) is 5.11 Å². The number of hydrogen-bond acceptors (Lipinski definition) is 4. The molecule has 1 amide bonds. The normalized spacial score (nSPS) is 11.4. The van der Waals surface area contributed by atoms with Gasteiger partial charge in [0.05, 0.1) is 22.6 Å². The maximum Gasteiger partial charge on any atom is 0.309 e. The molecule has 23 heavy (non-hydrogen) atoms. The minimum Gasteiger partial charge on any atom is -0.481 e.